The Hall–Kier alpha value is -2.13. The molecular formula is C14H15ClF2N6O. The van der Waals surface area contributed by atoms with Crippen LogP contribution < -0.4 is 10.2 Å². The van der Waals surface area contributed by atoms with E-state index in [1.165, 1.54) is 0 Å². The van der Waals surface area contributed by atoms with Crippen molar-refractivity contribution in [2.45, 2.75) is 13.0 Å². The molecule has 24 heavy (non-hydrogen) atoms. The molecule has 1 saturated heterocycles. The van der Waals surface area contributed by atoms with Crippen molar-refractivity contribution in [3.63, 3.8) is 0 Å². The number of aromatic nitrogens is 4. The molecule has 2 aromatic heterocycles. The van der Waals surface area contributed by atoms with Crippen LogP contribution in [0.2, 0.25) is 5.28 Å². The van der Waals surface area contributed by atoms with E-state index in [0.717, 1.165) is 12.4 Å². The van der Waals surface area contributed by atoms with E-state index in [2.05, 4.69) is 25.3 Å². The lowest BCUT2D eigenvalue weighted by molar-refractivity contribution is 0.122. The zero-order valence-corrected chi connectivity index (χ0v) is 13.6. The van der Waals surface area contributed by atoms with E-state index >= 15 is 0 Å². The molecule has 0 aromatic carbocycles. The van der Waals surface area contributed by atoms with Crippen molar-refractivity contribution >= 4 is 23.2 Å². The van der Waals surface area contributed by atoms with Crippen molar-refractivity contribution in [2.24, 2.45) is 0 Å². The summed E-state index contributed by atoms with van der Waals surface area (Å²) in [5.41, 5.74) is 0. The molecule has 0 bridgehead atoms. The predicted molar refractivity (Wildman–Crippen MR) is 84.1 cm³/mol. The standard InChI is InChI=1S/C14H15ClF2N6O/c1-8(11-18-6-9(16)7-19-11)20-12-10(17)13(22-14(15)21-12)23-2-4-24-5-3-23/h6-8H,2-5H2,1H3,(H,20,21,22). The van der Waals surface area contributed by atoms with E-state index in [0.29, 0.717) is 32.1 Å². The number of ether oxygens (including phenoxy) is 1. The molecule has 10 heteroatoms. The fourth-order valence-electron chi connectivity index (χ4n) is 2.30. The Kier molecular flexibility index (Phi) is 5.00. The van der Waals surface area contributed by atoms with E-state index in [-0.39, 0.29) is 16.9 Å². The first kappa shape index (κ1) is 16.7. The summed E-state index contributed by atoms with van der Waals surface area (Å²) in [6, 6.07) is -0.497. The Bertz CT molecular complexity index is 711. The molecule has 0 radical (unpaired) electrons. The van der Waals surface area contributed by atoms with Crippen molar-refractivity contribution < 1.29 is 13.5 Å². The first-order valence-electron chi connectivity index (χ1n) is 7.34. The minimum Gasteiger partial charge on any atom is -0.378 e. The van der Waals surface area contributed by atoms with Gasteiger partial charge in [-0.25, -0.2) is 14.4 Å². The van der Waals surface area contributed by atoms with Crippen LogP contribution in [0.1, 0.15) is 18.8 Å². The van der Waals surface area contributed by atoms with Gasteiger partial charge in [0.25, 0.3) is 0 Å². The third kappa shape index (κ3) is 3.68. The molecule has 2 aromatic rings. The number of nitrogens with one attached hydrogen (secondary N) is 1. The van der Waals surface area contributed by atoms with Gasteiger partial charge < -0.3 is 15.0 Å². The molecule has 1 fully saturated rings. The Morgan fingerprint density at radius 1 is 1.21 bits per heavy atom. The van der Waals surface area contributed by atoms with Gasteiger partial charge in [0.15, 0.2) is 17.5 Å². The third-order valence-corrected chi connectivity index (χ3v) is 3.67. The highest BCUT2D eigenvalue weighted by Crippen LogP contribution is 2.27. The molecule has 1 aliphatic heterocycles. The lowest BCUT2D eigenvalue weighted by Crippen LogP contribution is -2.37. The quantitative estimate of drug-likeness (QED) is 0.841. The average molecular weight is 357 g/mol. The number of morpholine rings is 1. The van der Waals surface area contributed by atoms with Gasteiger partial charge in [-0.05, 0) is 18.5 Å². The molecule has 128 valence electrons. The molecule has 1 unspecified atom stereocenters. The smallest absolute Gasteiger partial charge is 0.226 e. The Labute approximate surface area is 142 Å². The van der Waals surface area contributed by atoms with Crippen LogP contribution in [0, 0.1) is 11.6 Å². The van der Waals surface area contributed by atoms with E-state index in [1.807, 2.05) is 0 Å². The Morgan fingerprint density at radius 2 is 1.88 bits per heavy atom. The van der Waals surface area contributed by atoms with Gasteiger partial charge in [-0.2, -0.15) is 14.4 Å². The lowest BCUT2D eigenvalue weighted by Gasteiger charge is -2.28. The molecule has 3 rings (SSSR count). The second kappa shape index (κ2) is 7.18. The number of rotatable bonds is 4. The van der Waals surface area contributed by atoms with Crippen LogP contribution in [0.25, 0.3) is 0 Å². The molecular weight excluding hydrogens is 342 g/mol. The number of hydrogen-bond donors (Lipinski definition) is 1. The van der Waals surface area contributed by atoms with Gasteiger partial charge in [0.1, 0.15) is 5.82 Å². The highest BCUT2D eigenvalue weighted by molar-refractivity contribution is 6.28. The first-order chi connectivity index (χ1) is 11.5. The van der Waals surface area contributed by atoms with Crippen LogP contribution in [0.3, 0.4) is 0 Å². The predicted octanol–water partition coefficient (Wildman–Crippen LogP) is 2.21. The fraction of sp³-hybridized carbons (Fsp3) is 0.429. The summed E-state index contributed by atoms with van der Waals surface area (Å²) in [6.45, 7) is 3.71. The topological polar surface area (TPSA) is 76.1 Å². The zero-order valence-electron chi connectivity index (χ0n) is 12.8. The van der Waals surface area contributed by atoms with E-state index < -0.39 is 17.7 Å². The molecule has 3 heterocycles. The van der Waals surface area contributed by atoms with Crippen LogP contribution in [0.5, 0.6) is 0 Å². The van der Waals surface area contributed by atoms with Crippen molar-refractivity contribution in [3.8, 4) is 0 Å². The molecule has 1 atom stereocenters. The van der Waals surface area contributed by atoms with E-state index in [4.69, 9.17) is 16.3 Å². The van der Waals surface area contributed by atoms with Gasteiger partial charge in [-0.3, -0.25) is 0 Å². The number of halogens is 3. The SMILES string of the molecule is CC(Nc1nc(Cl)nc(N2CCOCC2)c1F)c1ncc(F)cn1. The molecule has 1 aliphatic rings. The summed E-state index contributed by atoms with van der Waals surface area (Å²) in [4.78, 5) is 17.3. The maximum atomic E-state index is 14.7. The second-order valence-corrected chi connectivity index (χ2v) is 5.54. The minimum absolute atomic E-state index is 0.0584. The van der Waals surface area contributed by atoms with Crippen LogP contribution in [0.4, 0.5) is 20.4 Å². The van der Waals surface area contributed by atoms with Gasteiger partial charge >= 0.3 is 0 Å². The summed E-state index contributed by atoms with van der Waals surface area (Å²) in [7, 11) is 0. The minimum atomic E-state index is -0.615. The lowest BCUT2D eigenvalue weighted by atomic mass is 10.3. The summed E-state index contributed by atoms with van der Waals surface area (Å²) < 4.78 is 32.9. The average Bonchev–Trinajstić information content (AvgIpc) is 2.59. The summed E-state index contributed by atoms with van der Waals surface area (Å²) >= 11 is 5.92. The summed E-state index contributed by atoms with van der Waals surface area (Å²) in [5.74, 6) is -0.796. The number of hydrogen-bond acceptors (Lipinski definition) is 7. The molecule has 0 saturated carbocycles. The van der Waals surface area contributed by atoms with Gasteiger partial charge in [0, 0.05) is 13.1 Å². The second-order valence-electron chi connectivity index (χ2n) is 5.20. The van der Waals surface area contributed by atoms with Crippen LogP contribution in [-0.2, 0) is 4.74 Å². The number of anilines is 2. The monoisotopic (exact) mass is 356 g/mol. The van der Waals surface area contributed by atoms with Crippen LogP contribution in [-0.4, -0.2) is 46.2 Å². The largest absolute Gasteiger partial charge is 0.378 e. The van der Waals surface area contributed by atoms with Crippen molar-refractivity contribution in [2.75, 3.05) is 36.5 Å². The highest BCUT2D eigenvalue weighted by atomic mass is 35.5. The van der Waals surface area contributed by atoms with Crippen molar-refractivity contribution in [1.82, 2.24) is 19.9 Å². The van der Waals surface area contributed by atoms with E-state index in [9.17, 15) is 8.78 Å². The first-order valence-corrected chi connectivity index (χ1v) is 7.72. The van der Waals surface area contributed by atoms with Gasteiger partial charge in [0.05, 0.1) is 31.6 Å². The molecule has 0 spiro atoms. The van der Waals surface area contributed by atoms with Crippen molar-refractivity contribution in [3.05, 3.63) is 35.1 Å². The molecule has 7 nitrogen and oxygen atoms in total. The van der Waals surface area contributed by atoms with Crippen LogP contribution >= 0.6 is 11.6 Å². The maximum Gasteiger partial charge on any atom is 0.226 e. The van der Waals surface area contributed by atoms with Gasteiger partial charge in [0.2, 0.25) is 11.1 Å². The van der Waals surface area contributed by atoms with Crippen LogP contribution in [0.15, 0.2) is 12.4 Å². The van der Waals surface area contributed by atoms with Gasteiger partial charge in [-0.1, -0.05) is 0 Å². The summed E-state index contributed by atoms with van der Waals surface area (Å²) in [5, 5.41) is 2.77. The molecule has 0 amide bonds. The third-order valence-electron chi connectivity index (χ3n) is 3.50. The molecule has 1 N–H and O–H groups in total. The zero-order chi connectivity index (χ0) is 17.1. The van der Waals surface area contributed by atoms with Crippen molar-refractivity contribution in [1.29, 1.82) is 0 Å². The highest BCUT2D eigenvalue weighted by Gasteiger charge is 2.22. The summed E-state index contributed by atoms with van der Waals surface area (Å²) in [6.07, 6.45) is 2.09. The Morgan fingerprint density at radius 3 is 2.54 bits per heavy atom. The molecule has 0 aliphatic carbocycles. The maximum absolute atomic E-state index is 14.7. The van der Waals surface area contributed by atoms with Gasteiger partial charge in [-0.15, -0.1) is 0 Å². The van der Waals surface area contributed by atoms with E-state index in [1.54, 1.807) is 11.8 Å². The normalized spacial score (nSPS) is 16.1. The fourth-order valence-corrected chi connectivity index (χ4v) is 2.47. The number of nitrogens with zero attached hydrogens (tertiary/aromatic N) is 5. The Balaban J connectivity index is 1.84.